The van der Waals surface area contributed by atoms with Crippen molar-refractivity contribution in [3.8, 4) is 0 Å². The number of nitrogens with zero attached hydrogens (tertiary/aromatic N) is 3. The van der Waals surface area contributed by atoms with E-state index < -0.39 is 9.85 Å². The molecular formula is C15H9N3O4S. The molecule has 0 atom stereocenters. The molecule has 1 aromatic heterocycles. The highest BCUT2D eigenvalue weighted by molar-refractivity contribution is 7.19. The van der Waals surface area contributed by atoms with Crippen molar-refractivity contribution < 1.29 is 9.85 Å². The SMILES string of the molecule is O=[N+]([O-])c1ccc(C=Cc2nc3cc([N+](=O)[O-])ccc3s2)cc1. The minimum absolute atomic E-state index is 0.00805. The zero-order valence-electron chi connectivity index (χ0n) is 11.6. The quantitative estimate of drug-likeness (QED) is 0.526. The van der Waals surface area contributed by atoms with Gasteiger partial charge in [0.2, 0.25) is 0 Å². The third kappa shape index (κ3) is 3.22. The van der Waals surface area contributed by atoms with Crippen molar-refractivity contribution in [3.63, 3.8) is 0 Å². The number of aromatic nitrogens is 1. The average Bonchev–Trinajstić information content (AvgIpc) is 2.95. The van der Waals surface area contributed by atoms with Crippen molar-refractivity contribution in [2.24, 2.45) is 0 Å². The molecule has 3 aromatic rings. The first kappa shape index (κ1) is 14.8. The van der Waals surface area contributed by atoms with Gasteiger partial charge in [0, 0.05) is 24.3 Å². The Kier molecular flexibility index (Phi) is 3.82. The second-order valence-electron chi connectivity index (χ2n) is 4.64. The molecule has 2 aromatic carbocycles. The van der Waals surface area contributed by atoms with Gasteiger partial charge in [-0.25, -0.2) is 4.98 Å². The van der Waals surface area contributed by atoms with Crippen LogP contribution in [0.2, 0.25) is 0 Å². The zero-order valence-corrected chi connectivity index (χ0v) is 12.4. The maximum atomic E-state index is 10.8. The molecular weight excluding hydrogens is 318 g/mol. The van der Waals surface area contributed by atoms with E-state index in [0.29, 0.717) is 10.5 Å². The van der Waals surface area contributed by atoms with Gasteiger partial charge >= 0.3 is 0 Å². The lowest BCUT2D eigenvalue weighted by Crippen LogP contribution is -1.86. The Morgan fingerprint density at radius 1 is 0.913 bits per heavy atom. The molecule has 7 nitrogen and oxygen atoms in total. The summed E-state index contributed by atoms with van der Waals surface area (Å²) in [6.45, 7) is 0. The summed E-state index contributed by atoms with van der Waals surface area (Å²) in [6.07, 6.45) is 3.56. The molecule has 114 valence electrons. The Balaban J connectivity index is 1.85. The van der Waals surface area contributed by atoms with E-state index in [0.717, 1.165) is 10.3 Å². The monoisotopic (exact) mass is 327 g/mol. The van der Waals surface area contributed by atoms with Crippen molar-refractivity contribution >= 4 is 45.1 Å². The summed E-state index contributed by atoms with van der Waals surface area (Å²) in [5.74, 6) is 0. The van der Waals surface area contributed by atoms with E-state index >= 15 is 0 Å². The Labute approximate surface area is 133 Å². The van der Waals surface area contributed by atoms with Gasteiger partial charge in [0.25, 0.3) is 11.4 Å². The molecule has 0 fully saturated rings. The summed E-state index contributed by atoms with van der Waals surface area (Å²) in [5.41, 5.74) is 1.43. The third-order valence-corrected chi connectivity index (χ3v) is 4.12. The van der Waals surface area contributed by atoms with Gasteiger partial charge in [-0.15, -0.1) is 11.3 Å². The lowest BCUT2D eigenvalue weighted by Gasteiger charge is -1.92. The summed E-state index contributed by atoms with van der Waals surface area (Å²) in [4.78, 5) is 24.8. The van der Waals surface area contributed by atoms with Crippen LogP contribution in [0.3, 0.4) is 0 Å². The highest BCUT2D eigenvalue weighted by atomic mass is 32.1. The summed E-state index contributed by atoms with van der Waals surface area (Å²) in [7, 11) is 0. The smallest absolute Gasteiger partial charge is 0.258 e. The van der Waals surface area contributed by atoms with E-state index in [1.165, 1.54) is 35.6 Å². The fourth-order valence-corrected chi connectivity index (χ4v) is 2.84. The van der Waals surface area contributed by atoms with Crippen LogP contribution < -0.4 is 0 Å². The van der Waals surface area contributed by atoms with Crippen LogP contribution in [0, 0.1) is 20.2 Å². The van der Waals surface area contributed by atoms with Crippen LogP contribution in [0.25, 0.3) is 22.4 Å². The van der Waals surface area contributed by atoms with E-state index in [9.17, 15) is 20.2 Å². The standard InChI is InChI=1S/C15H9N3O4S/c19-17(20)11-4-1-10(2-5-11)3-8-15-16-13-9-12(18(21)22)6-7-14(13)23-15/h1-9H. The second-order valence-corrected chi connectivity index (χ2v) is 5.71. The first-order valence-corrected chi connectivity index (χ1v) is 7.32. The van der Waals surface area contributed by atoms with E-state index in [1.54, 1.807) is 30.4 Å². The Bertz CT molecular complexity index is 932. The van der Waals surface area contributed by atoms with Gasteiger partial charge in [-0.05, 0) is 29.8 Å². The molecule has 0 aliphatic heterocycles. The van der Waals surface area contributed by atoms with E-state index in [2.05, 4.69) is 4.98 Å². The van der Waals surface area contributed by atoms with Gasteiger partial charge in [0.05, 0.1) is 20.1 Å². The number of nitro groups is 2. The number of benzene rings is 2. The Hall–Kier alpha value is -3.13. The minimum atomic E-state index is -0.453. The van der Waals surface area contributed by atoms with Crippen LogP contribution >= 0.6 is 11.3 Å². The maximum Gasteiger partial charge on any atom is 0.271 e. The highest BCUT2D eigenvalue weighted by Crippen LogP contribution is 2.27. The predicted molar refractivity (Wildman–Crippen MR) is 88.3 cm³/mol. The number of nitro benzene ring substituents is 2. The molecule has 3 rings (SSSR count). The van der Waals surface area contributed by atoms with Crippen LogP contribution in [-0.4, -0.2) is 14.8 Å². The first-order valence-electron chi connectivity index (χ1n) is 6.50. The van der Waals surface area contributed by atoms with Crippen LogP contribution in [-0.2, 0) is 0 Å². The van der Waals surface area contributed by atoms with Gasteiger partial charge in [0.1, 0.15) is 5.01 Å². The fourth-order valence-electron chi connectivity index (χ4n) is 1.99. The fraction of sp³-hybridized carbons (Fsp3) is 0. The van der Waals surface area contributed by atoms with Crippen molar-refractivity contribution in [2.75, 3.05) is 0 Å². The molecule has 0 bridgehead atoms. The molecule has 0 saturated carbocycles. The number of hydrogen-bond donors (Lipinski definition) is 0. The lowest BCUT2D eigenvalue weighted by molar-refractivity contribution is -0.385. The van der Waals surface area contributed by atoms with Gasteiger partial charge in [0.15, 0.2) is 0 Å². The van der Waals surface area contributed by atoms with Crippen molar-refractivity contribution in [1.29, 1.82) is 0 Å². The van der Waals surface area contributed by atoms with E-state index in [-0.39, 0.29) is 11.4 Å². The van der Waals surface area contributed by atoms with Crippen molar-refractivity contribution in [3.05, 3.63) is 73.3 Å². The number of non-ortho nitro benzene ring substituents is 2. The average molecular weight is 327 g/mol. The molecule has 1 heterocycles. The van der Waals surface area contributed by atoms with Gasteiger partial charge in [-0.3, -0.25) is 20.2 Å². The summed E-state index contributed by atoms with van der Waals surface area (Å²) in [5, 5.41) is 22.1. The maximum absolute atomic E-state index is 10.8. The topological polar surface area (TPSA) is 99.2 Å². The summed E-state index contributed by atoms with van der Waals surface area (Å²) < 4.78 is 0.860. The van der Waals surface area contributed by atoms with Crippen molar-refractivity contribution in [1.82, 2.24) is 4.98 Å². The summed E-state index contributed by atoms with van der Waals surface area (Å²) >= 11 is 1.42. The van der Waals surface area contributed by atoms with Crippen LogP contribution in [0.1, 0.15) is 10.6 Å². The molecule has 0 aliphatic rings. The largest absolute Gasteiger partial charge is 0.271 e. The summed E-state index contributed by atoms with van der Waals surface area (Å²) in [6, 6.07) is 10.7. The Morgan fingerprint density at radius 2 is 1.57 bits per heavy atom. The van der Waals surface area contributed by atoms with Gasteiger partial charge in [-0.1, -0.05) is 6.08 Å². The highest BCUT2D eigenvalue weighted by Gasteiger charge is 2.09. The molecule has 0 aliphatic carbocycles. The Morgan fingerprint density at radius 3 is 2.22 bits per heavy atom. The normalized spacial score (nSPS) is 11.1. The lowest BCUT2D eigenvalue weighted by atomic mass is 10.2. The molecule has 0 radical (unpaired) electrons. The minimum Gasteiger partial charge on any atom is -0.258 e. The first-order chi connectivity index (χ1) is 11.0. The van der Waals surface area contributed by atoms with Crippen LogP contribution in [0.15, 0.2) is 42.5 Å². The number of hydrogen-bond acceptors (Lipinski definition) is 6. The van der Waals surface area contributed by atoms with Crippen LogP contribution in [0.5, 0.6) is 0 Å². The molecule has 23 heavy (non-hydrogen) atoms. The van der Waals surface area contributed by atoms with Gasteiger partial charge < -0.3 is 0 Å². The number of rotatable bonds is 4. The number of thiazole rings is 1. The van der Waals surface area contributed by atoms with Crippen LogP contribution in [0.4, 0.5) is 11.4 Å². The molecule has 8 heteroatoms. The molecule has 0 amide bonds. The third-order valence-electron chi connectivity index (χ3n) is 3.12. The van der Waals surface area contributed by atoms with E-state index in [1.807, 2.05) is 0 Å². The second kappa shape index (κ2) is 5.93. The number of fused-ring (bicyclic) bond motifs is 1. The predicted octanol–water partition coefficient (Wildman–Crippen LogP) is 4.28. The zero-order chi connectivity index (χ0) is 16.4. The van der Waals surface area contributed by atoms with Gasteiger partial charge in [-0.2, -0.15) is 0 Å². The molecule has 0 N–H and O–H groups in total. The van der Waals surface area contributed by atoms with Crippen molar-refractivity contribution in [2.45, 2.75) is 0 Å². The molecule has 0 spiro atoms. The molecule has 0 unspecified atom stereocenters. The molecule has 0 saturated heterocycles. The van der Waals surface area contributed by atoms with E-state index in [4.69, 9.17) is 0 Å².